The Hall–Kier alpha value is -10.3. The highest BCUT2D eigenvalue weighted by Crippen LogP contribution is 2.36. The highest BCUT2D eigenvalue weighted by molar-refractivity contribution is 5.96. The highest BCUT2D eigenvalue weighted by Gasteiger charge is 2.16. The molecule has 0 aliphatic rings. The van der Waals surface area contributed by atoms with Gasteiger partial charge in [0.05, 0.1) is 34.2 Å². The van der Waals surface area contributed by atoms with E-state index in [1.54, 1.807) is 0 Å². The zero-order valence-corrected chi connectivity index (χ0v) is 41.1. The van der Waals surface area contributed by atoms with Crippen molar-refractivity contribution < 1.29 is 0 Å². The molecule has 0 amide bonds. The van der Waals surface area contributed by atoms with Gasteiger partial charge in [-0.15, -0.1) is 0 Å². The van der Waals surface area contributed by atoms with E-state index in [1.165, 1.54) is 10.8 Å². The maximum atomic E-state index is 5.22. The van der Waals surface area contributed by atoms with E-state index in [9.17, 15) is 0 Å². The lowest BCUT2D eigenvalue weighted by molar-refractivity contribution is 1.18. The fourth-order valence-electron chi connectivity index (χ4n) is 10.4. The molecule has 354 valence electrons. The topological polar surface area (TPSA) is 77.3 Å². The molecule has 0 N–H and O–H groups in total. The summed E-state index contributed by atoms with van der Waals surface area (Å²) < 4.78 is 0. The largest absolute Gasteiger partial charge is 0.256 e. The van der Waals surface area contributed by atoms with Crippen molar-refractivity contribution in [3.8, 4) is 101 Å². The van der Waals surface area contributed by atoms with E-state index in [0.29, 0.717) is 11.6 Å². The maximum Gasteiger partial charge on any atom is 0.160 e. The lowest BCUT2D eigenvalue weighted by Crippen LogP contribution is -1.96. The molecular formula is C70H44N6. The average Bonchev–Trinajstić information content (AvgIpc) is 3.50. The molecular weight excluding hydrogens is 925 g/mol. The van der Waals surface area contributed by atoms with E-state index in [4.69, 9.17) is 29.9 Å². The molecule has 4 aromatic heterocycles. The van der Waals surface area contributed by atoms with E-state index in [-0.39, 0.29) is 0 Å². The summed E-state index contributed by atoms with van der Waals surface area (Å²) in [5.41, 5.74) is 15.5. The van der Waals surface area contributed by atoms with Crippen LogP contribution in [0, 0.1) is 0 Å². The first-order chi connectivity index (χ1) is 37.6. The molecule has 0 radical (unpaired) electrons. The van der Waals surface area contributed by atoms with Gasteiger partial charge in [-0.2, -0.15) is 0 Å². The van der Waals surface area contributed by atoms with Crippen molar-refractivity contribution in [3.05, 3.63) is 267 Å². The van der Waals surface area contributed by atoms with E-state index in [0.717, 1.165) is 122 Å². The molecule has 0 aliphatic heterocycles. The van der Waals surface area contributed by atoms with Crippen LogP contribution >= 0.6 is 0 Å². The Balaban J connectivity index is 0.791. The molecule has 4 heterocycles. The second-order valence-corrected chi connectivity index (χ2v) is 19.1. The SMILES string of the molecule is c1ccc2cc(-c3nc(-c4ccc(-c5ccc(-c6cc(-c7ccc(-c8nccc9ccccc89)cc7)nc(-c7ccc8ccccc8c7)n6)cc5)cc4)cc(-c4ccc(-c5nccc6ccccc56)cc4)n3)ccc2c1. The van der Waals surface area contributed by atoms with Crippen LogP contribution in [0.1, 0.15) is 0 Å². The van der Waals surface area contributed by atoms with Gasteiger partial charge in [0.25, 0.3) is 0 Å². The first-order valence-corrected chi connectivity index (χ1v) is 25.5. The summed E-state index contributed by atoms with van der Waals surface area (Å²) >= 11 is 0. The van der Waals surface area contributed by atoms with Crippen LogP contribution in [0.2, 0.25) is 0 Å². The Morgan fingerprint density at radius 2 is 0.487 bits per heavy atom. The van der Waals surface area contributed by atoms with Gasteiger partial charge >= 0.3 is 0 Å². The van der Waals surface area contributed by atoms with Crippen LogP contribution in [-0.4, -0.2) is 29.9 Å². The smallest absolute Gasteiger partial charge is 0.160 e. The third-order valence-corrected chi connectivity index (χ3v) is 14.4. The van der Waals surface area contributed by atoms with Crippen molar-refractivity contribution in [2.24, 2.45) is 0 Å². The Kier molecular flexibility index (Phi) is 11.1. The Morgan fingerprint density at radius 1 is 0.197 bits per heavy atom. The van der Waals surface area contributed by atoms with Crippen LogP contribution < -0.4 is 0 Å². The molecule has 14 rings (SSSR count). The van der Waals surface area contributed by atoms with Crippen LogP contribution in [0.3, 0.4) is 0 Å². The molecule has 6 nitrogen and oxygen atoms in total. The molecule has 0 saturated heterocycles. The number of rotatable bonds is 9. The summed E-state index contributed by atoms with van der Waals surface area (Å²) in [6.45, 7) is 0. The van der Waals surface area contributed by atoms with E-state index < -0.39 is 0 Å². The van der Waals surface area contributed by atoms with Gasteiger partial charge in [0, 0.05) is 67.7 Å². The molecule has 0 aliphatic carbocycles. The van der Waals surface area contributed by atoms with Crippen molar-refractivity contribution in [3.63, 3.8) is 0 Å². The standard InChI is InChI=1S/C70H44N6/c1-3-13-57-41-59(35-21-45(57)9-1)69-73-63(43-65(75-69)53-27-31-55(32-28-53)67-61-15-7-5-11-49(61)37-39-71-67)51-23-17-47(18-24-51)48-19-25-52(26-20-48)64-44-66(76-70(74-64)60-36-22-46-10-2-4-14-58(46)42-60)54-29-33-56(34-30-54)68-62-16-8-6-12-50(62)38-40-72-68/h1-44H. The van der Waals surface area contributed by atoms with Gasteiger partial charge in [0.1, 0.15) is 0 Å². The van der Waals surface area contributed by atoms with Crippen LogP contribution in [0.4, 0.5) is 0 Å². The maximum absolute atomic E-state index is 5.22. The summed E-state index contributed by atoms with van der Waals surface area (Å²) in [5, 5.41) is 9.21. The Bertz CT molecular complexity index is 4190. The summed E-state index contributed by atoms with van der Waals surface area (Å²) in [7, 11) is 0. The number of hydrogen-bond acceptors (Lipinski definition) is 6. The fraction of sp³-hybridized carbons (Fsp3) is 0. The minimum Gasteiger partial charge on any atom is -0.256 e. The van der Waals surface area contributed by atoms with Crippen LogP contribution in [0.25, 0.3) is 145 Å². The summed E-state index contributed by atoms with van der Waals surface area (Å²) in [6, 6.07) is 89.1. The van der Waals surface area contributed by atoms with Gasteiger partial charge in [0.15, 0.2) is 11.6 Å². The van der Waals surface area contributed by atoms with Crippen molar-refractivity contribution in [2.45, 2.75) is 0 Å². The second-order valence-electron chi connectivity index (χ2n) is 19.1. The minimum atomic E-state index is 0.671. The quantitative estimate of drug-likeness (QED) is 0.143. The molecule has 0 fully saturated rings. The molecule has 14 aromatic rings. The summed E-state index contributed by atoms with van der Waals surface area (Å²) in [4.78, 5) is 30.4. The van der Waals surface area contributed by atoms with Crippen LogP contribution in [0.15, 0.2) is 267 Å². The third kappa shape index (κ3) is 8.49. The molecule has 0 bridgehead atoms. The predicted octanol–water partition coefficient (Wildman–Crippen LogP) is 17.7. The number of fused-ring (bicyclic) bond motifs is 4. The molecule has 10 aromatic carbocycles. The molecule has 0 unspecified atom stereocenters. The Labute approximate surface area is 439 Å². The third-order valence-electron chi connectivity index (χ3n) is 14.4. The second kappa shape index (κ2) is 19.0. The lowest BCUT2D eigenvalue weighted by Gasteiger charge is -2.12. The van der Waals surface area contributed by atoms with E-state index >= 15 is 0 Å². The zero-order chi connectivity index (χ0) is 50.4. The van der Waals surface area contributed by atoms with Gasteiger partial charge in [-0.1, -0.05) is 218 Å². The van der Waals surface area contributed by atoms with Crippen LogP contribution in [0.5, 0.6) is 0 Å². The average molecular weight is 969 g/mol. The molecule has 0 saturated carbocycles. The zero-order valence-electron chi connectivity index (χ0n) is 41.1. The van der Waals surface area contributed by atoms with Crippen molar-refractivity contribution in [1.82, 2.24) is 29.9 Å². The number of aromatic nitrogens is 6. The van der Waals surface area contributed by atoms with E-state index in [1.807, 2.05) is 12.4 Å². The first kappa shape index (κ1) is 44.4. The molecule has 76 heavy (non-hydrogen) atoms. The van der Waals surface area contributed by atoms with E-state index in [2.05, 4.69) is 255 Å². The fourth-order valence-corrected chi connectivity index (χ4v) is 10.4. The lowest BCUT2D eigenvalue weighted by atomic mass is 9.98. The van der Waals surface area contributed by atoms with Gasteiger partial charge in [-0.25, -0.2) is 19.9 Å². The van der Waals surface area contributed by atoms with Crippen molar-refractivity contribution >= 4 is 43.1 Å². The van der Waals surface area contributed by atoms with Gasteiger partial charge in [-0.05, 0) is 79.8 Å². The number of nitrogens with zero attached hydrogens (tertiary/aromatic N) is 6. The number of hydrogen-bond donors (Lipinski definition) is 0. The number of pyridine rings is 2. The minimum absolute atomic E-state index is 0.671. The first-order valence-electron chi connectivity index (χ1n) is 25.5. The summed E-state index contributed by atoms with van der Waals surface area (Å²) in [5.74, 6) is 1.34. The predicted molar refractivity (Wildman–Crippen MR) is 312 cm³/mol. The normalized spacial score (nSPS) is 11.4. The van der Waals surface area contributed by atoms with Gasteiger partial charge in [0.2, 0.25) is 0 Å². The molecule has 0 spiro atoms. The van der Waals surface area contributed by atoms with Gasteiger partial charge < -0.3 is 0 Å². The molecule has 6 heteroatoms. The summed E-state index contributed by atoms with van der Waals surface area (Å²) in [6.07, 6.45) is 3.76. The van der Waals surface area contributed by atoms with Crippen LogP contribution in [-0.2, 0) is 0 Å². The Morgan fingerprint density at radius 3 is 0.855 bits per heavy atom. The molecule has 0 atom stereocenters. The monoisotopic (exact) mass is 968 g/mol. The van der Waals surface area contributed by atoms with Crippen molar-refractivity contribution in [1.29, 1.82) is 0 Å². The number of benzene rings is 10. The van der Waals surface area contributed by atoms with Gasteiger partial charge in [-0.3, -0.25) is 9.97 Å². The van der Waals surface area contributed by atoms with Crippen molar-refractivity contribution in [2.75, 3.05) is 0 Å². The highest BCUT2D eigenvalue weighted by atomic mass is 14.9.